The van der Waals surface area contributed by atoms with Crippen molar-refractivity contribution in [1.29, 1.82) is 0 Å². The number of nitrogens with one attached hydrogen (secondary N) is 1. The summed E-state index contributed by atoms with van der Waals surface area (Å²) in [5, 5.41) is 6.87. The number of aryl methyl sites for hydroxylation is 1. The van der Waals surface area contributed by atoms with Gasteiger partial charge in [0.1, 0.15) is 16.7 Å². The molecule has 2 aliphatic rings. The van der Waals surface area contributed by atoms with Crippen LogP contribution in [0.5, 0.6) is 0 Å². The molecule has 0 atom stereocenters. The van der Waals surface area contributed by atoms with E-state index in [9.17, 15) is 0 Å². The number of para-hydroxylation sites is 3. The van der Waals surface area contributed by atoms with Crippen LogP contribution in [0, 0.1) is 6.92 Å². The molecule has 0 fully saturated rings. The summed E-state index contributed by atoms with van der Waals surface area (Å²) in [7, 11) is 2.40. The summed E-state index contributed by atoms with van der Waals surface area (Å²) in [6, 6.07) is 44.3. The van der Waals surface area contributed by atoms with Gasteiger partial charge >= 0.3 is 0 Å². The van der Waals surface area contributed by atoms with Gasteiger partial charge in [0.05, 0.1) is 11.0 Å². The standard InChI is InChI=1S/C51H40BN2O2/c1-28-23-37-38(51(4,5)22-21-50(37,2)3)26-40(28)54-41-25-35-31-15-8-10-19-42(31)55-44(35)27-39(41)52-45-36(24-29-13-6-7-14-30(29)48(45)54)32-17-12-18-34-46(32)53-47-33-16-9-11-20-43(33)56-49(34)47/h6-20,23-27,53H,21-22H2,1-5H3. The molecule has 1 radical (unpaired) electrons. The molecule has 0 unspecified atom stereocenters. The molecule has 269 valence electrons. The minimum Gasteiger partial charge on any atom is -0.456 e. The number of aromatic nitrogens is 1. The van der Waals surface area contributed by atoms with Crippen LogP contribution in [0.2, 0.25) is 0 Å². The van der Waals surface area contributed by atoms with E-state index in [4.69, 9.17) is 8.83 Å². The van der Waals surface area contributed by atoms with Gasteiger partial charge in [-0.3, -0.25) is 0 Å². The molecule has 1 aliphatic heterocycles. The van der Waals surface area contributed by atoms with Gasteiger partial charge in [0.25, 0.3) is 0 Å². The van der Waals surface area contributed by atoms with Crippen molar-refractivity contribution < 1.29 is 8.83 Å². The fourth-order valence-corrected chi connectivity index (χ4v) is 10.1. The Hall–Kier alpha value is -6.20. The Labute approximate surface area is 326 Å². The molecule has 0 amide bonds. The molecule has 7 aromatic carbocycles. The van der Waals surface area contributed by atoms with Crippen molar-refractivity contribution in [2.24, 2.45) is 0 Å². The maximum atomic E-state index is 6.54. The van der Waals surface area contributed by atoms with Crippen LogP contribution in [0.3, 0.4) is 0 Å². The number of furan rings is 2. The first-order valence-corrected chi connectivity index (χ1v) is 19.9. The van der Waals surface area contributed by atoms with Crippen molar-refractivity contribution in [2.75, 3.05) is 4.90 Å². The van der Waals surface area contributed by atoms with Crippen molar-refractivity contribution in [3.63, 3.8) is 0 Å². The molecule has 56 heavy (non-hydrogen) atoms. The van der Waals surface area contributed by atoms with E-state index in [1.807, 2.05) is 12.1 Å². The smallest absolute Gasteiger partial charge is 0.198 e. The van der Waals surface area contributed by atoms with Gasteiger partial charge in [-0.05, 0) is 112 Å². The largest absolute Gasteiger partial charge is 0.456 e. The third-order valence-electron chi connectivity index (χ3n) is 13.2. The fraction of sp³-hybridized carbons (Fsp3) is 0.176. The maximum absolute atomic E-state index is 6.54. The van der Waals surface area contributed by atoms with Gasteiger partial charge in [-0.1, -0.05) is 106 Å². The van der Waals surface area contributed by atoms with Crippen LogP contribution in [0.1, 0.15) is 57.2 Å². The third kappa shape index (κ3) is 4.31. The van der Waals surface area contributed by atoms with E-state index < -0.39 is 0 Å². The zero-order chi connectivity index (χ0) is 37.7. The molecule has 12 rings (SSSR count). The van der Waals surface area contributed by atoms with Crippen LogP contribution in [-0.2, 0) is 10.8 Å². The topological polar surface area (TPSA) is 45.3 Å². The predicted molar refractivity (Wildman–Crippen MR) is 236 cm³/mol. The number of nitrogens with zero attached hydrogens (tertiary/aromatic N) is 1. The minimum absolute atomic E-state index is 0.0554. The second kappa shape index (κ2) is 11.0. The van der Waals surface area contributed by atoms with Gasteiger partial charge < -0.3 is 18.7 Å². The van der Waals surface area contributed by atoms with Gasteiger partial charge in [-0.25, -0.2) is 0 Å². The molecule has 4 nitrogen and oxygen atoms in total. The normalized spacial score (nSPS) is 15.8. The van der Waals surface area contributed by atoms with E-state index in [-0.39, 0.29) is 10.8 Å². The van der Waals surface area contributed by atoms with E-state index in [1.54, 1.807) is 0 Å². The number of H-pyrrole nitrogens is 1. The SMILES string of the molecule is Cc1cc2c(cc1N1c3cc4c(cc3[B]c3c(-c5cccc6c5[nH]c5c7ccccc7oc65)cc5ccccc5c31)oc1ccccc14)C(C)(C)CCC2(C)C. The summed E-state index contributed by atoms with van der Waals surface area (Å²) < 4.78 is 13.0. The van der Waals surface area contributed by atoms with Gasteiger partial charge in [-0.2, -0.15) is 0 Å². The predicted octanol–water partition coefficient (Wildman–Crippen LogP) is 12.9. The second-order valence-corrected chi connectivity index (χ2v) is 17.5. The van der Waals surface area contributed by atoms with Crippen molar-refractivity contribution in [1.82, 2.24) is 4.98 Å². The zero-order valence-corrected chi connectivity index (χ0v) is 32.3. The summed E-state index contributed by atoms with van der Waals surface area (Å²) in [4.78, 5) is 6.43. The molecule has 0 saturated heterocycles. The Balaban J connectivity index is 1.20. The van der Waals surface area contributed by atoms with Crippen molar-refractivity contribution >= 4 is 101 Å². The molecule has 1 N–H and O–H groups in total. The van der Waals surface area contributed by atoms with Crippen LogP contribution in [0.15, 0.2) is 130 Å². The Morgan fingerprint density at radius 3 is 2.05 bits per heavy atom. The number of aromatic amines is 1. The first-order valence-electron chi connectivity index (χ1n) is 19.9. The lowest BCUT2D eigenvalue weighted by molar-refractivity contribution is 0.332. The van der Waals surface area contributed by atoms with Crippen LogP contribution < -0.4 is 15.8 Å². The van der Waals surface area contributed by atoms with Crippen molar-refractivity contribution in [3.05, 3.63) is 138 Å². The quantitative estimate of drug-likeness (QED) is 0.181. The average Bonchev–Trinajstić information content (AvgIpc) is 3.87. The molecule has 3 aromatic heterocycles. The lowest BCUT2D eigenvalue weighted by Crippen LogP contribution is -2.41. The molecule has 0 saturated carbocycles. The molecule has 10 aromatic rings. The number of fused-ring (bicyclic) bond motifs is 13. The number of rotatable bonds is 2. The fourth-order valence-electron chi connectivity index (χ4n) is 10.1. The van der Waals surface area contributed by atoms with Gasteiger partial charge in [-0.15, -0.1) is 0 Å². The number of hydrogen-bond donors (Lipinski definition) is 1. The second-order valence-electron chi connectivity index (χ2n) is 17.5. The highest BCUT2D eigenvalue weighted by Gasteiger charge is 2.39. The summed E-state index contributed by atoms with van der Waals surface area (Å²) in [6.45, 7) is 12.0. The van der Waals surface area contributed by atoms with Gasteiger partial charge in [0.15, 0.2) is 12.9 Å². The Morgan fingerprint density at radius 1 is 0.571 bits per heavy atom. The van der Waals surface area contributed by atoms with Crippen molar-refractivity contribution in [3.8, 4) is 11.1 Å². The molecule has 0 spiro atoms. The maximum Gasteiger partial charge on any atom is 0.198 e. The Kier molecular flexibility index (Phi) is 6.29. The molecule has 1 aliphatic carbocycles. The number of hydrogen-bond acceptors (Lipinski definition) is 3. The lowest BCUT2D eigenvalue weighted by Gasteiger charge is -2.44. The van der Waals surface area contributed by atoms with E-state index >= 15 is 0 Å². The third-order valence-corrected chi connectivity index (χ3v) is 13.2. The summed E-state index contributed by atoms with van der Waals surface area (Å²) in [5.41, 5.74) is 18.3. The minimum atomic E-state index is 0.0554. The van der Waals surface area contributed by atoms with E-state index in [1.165, 1.54) is 56.3 Å². The zero-order valence-electron chi connectivity index (χ0n) is 32.3. The summed E-state index contributed by atoms with van der Waals surface area (Å²) >= 11 is 0. The highest BCUT2D eigenvalue weighted by atomic mass is 16.3. The summed E-state index contributed by atoms with van der Waals surface area (Å²) in [6.07, 6.45) is 2.34. The van der Waals surface area contributed by atoms with E-state index in [0.29, 0.717) is 0 Å². The van der Waals surface area contributed by atoms with Gasteiger partial charge in [0, 0.05) is 49.6 Å². The Morgan fingerprint density at radius 2 is 1.25 bits per heavy atom. The Bertz CT molecular complexity index is 3320. The van der Waals surface area contributed by atoms with E-state index in [0.717, 1.165) is 78.0 Å². The number of benzene rings is 7. The van der Waals surface area contributed by atoms with E-state index in [2.05, 4.69) is 161 Å². The van der Waals surface area contributed by atoms with Crippen LogP contribution >= 0.6 is 0 Å². The first kappa shape index (κ1) is 32.1. The highest BCUT2D eigenvalue weighted by molar-refractivity contribution is 6.74. The molecule has 4 heterocycles. The molecule has 5 heteroatoms. The molecular weight excluding hydrogens is 683 g/mol. The van der Waals surface area contributed by atoms with Crippen LogP contribution in [0.4, 0.5) is 17.1 Å². The molecular formula is C51H40BN2O2. The van der Waals surface area contributed by atoms with Crippen LogP contribution in [0.25, 0.3) is 76.8 Å². The van der Waals surface area contributed by atoms with Crippen molar-refractivity contribution in [2.45, 2.75) is 58.3 Å². The van der Waals surface area contributed by atoms with Gasteiger partial charge in [0.2, 0.25) is 0 Å². The first-order chi connectivity index (χ1) is 27.1. The lowest BCUT2D eigenvalue weighted by atomic mass is 9.57. The monoisotopic (exact) mass is 723 g/mol. The average molecular weight is 724 g/mol. The van der Waals surface area contributed by atoms with Crippen LogP contribution in [-0.4, -0.2) is 12.3 Å². The highest BCUT2D eigenvalue weighted by Crippen LogP contribution is 2.51. The molecule has 0 bridgehead atoms. The number of anilines is 3. The summed E-state index contributed by atoms with van der Waals surface area (Å²) in [5.74, 6) is 0.